The summed E-state index contributed by atoms with van der Waals surface area (Å²) in [5, 5.41) is 3.68. The van der Waals surface area contributed by atoms with Crippen molar-refractivity contribution in [2.24, 2.45) is 5.73 Å². The van der Waals surface area contributed by atoms with Gasteiger partial charge in [0.15, 0.2) is 0 Å². The molecule has 0 aliphatic heterocycles. The third kappa shape index (κ3) is 2.78. The quantitative estimate of drug-likeness (QED) is 0.769. The van der Waals surface area contributed by atoms with E-state index in [1.165, 1.54) is 0 Å². The molecule has 0 aliphatic rings. The van der Waals surface area contributed by atoms with E-state index >= 15 is 0 Å². The second kappa shape index (κ2) is 5.70. The molecule has 2 rings (SSSR count). The van der Waals surface area contributed by atoms with E-state index in [-0.39, 0.29) is 18.3 Å². The van der Waals surface area contributed by atoms with Gasteiger partial charge in [-0.3, -0.25) is 4.79 Å². The van der Waals surface area contributed by atoms with Gasteiger partial charge >= 0.3 is 0 Å². The van der Waals surface area contributed by atoms with Crippen molar-refractivity contribution in [1.29, 1.82) is 0 Å². The molecule has 0 saturated carbocycles. The highest BCUT2D eigenvalue weighted by Gasteiger charge is 2.14. The number of rotatable bonds is 3. The number of aromatic nitrogens is 1. The van der Waals surface area contributed by atoms with Gasteiger partial charge in [0.05, 0.1) is 6.04 Å². The van der Waals surface area contributed by atoms with Gasteiger partial charge in [-0.2, -0.15) is 0 Å². The van der Waals surface area contributed by atoms with Crippen LogP contribution < -0.4 is 11.1 Å². The summed E-state index contributed by atoms with van der Waals surface area (Å²) >= 11 is 0. The molecule has 0 radical (unpaired) electrons. The number of fused-ring (bicyclic) bond motifs is 1. The van der Waals surface area contributed by atoms with Gasteiger partial charge in [0.1, 0.15) is 0 Å². The first-order chi connectivity index (χ1) is 7.72. The Morgan fingerprint density at radius 2 is 2.18 bits per heavy atom. The fourth-order valence-corrected chi connectivity index (χ4v) is 1.82. The Kier molecular flexibility index (Phi) is 4.54. The van der Waals surface area contributed by atoms with E-state index in [1.54, 1.807) is 7.05 Å². The number of para-hydroxylation sites is 1. The second-order valence-corrected chi connectivity index (χ2v) is 3.78. The van der Waals surface area contributed by atoms with Crippen molar-refractivity contribution < 1.29 is 4.79 Å². The first kappa shape index (κ1) is 13.5. The predicted molar refractivity (Wildman–Crippen MR) is 71.3 cm³/mol. The van der Waals surface area contributed by atoms with Gasteiger partial charge in [0, 0.05) is 24.1 Å². The minimum atomic E-state index is -0.496. The number of aromatic amines is 1. The molecule has 17 heavy (non-hydrogen) atoms. The molecule has 1 unspecified atom stereocenters. The maximum atomic E-state index is 11.3. The normalized spacial score (nSPS) is 11.9. The van der Waals surface area contributed by atoms with Gasteiger partial charge in [-0.15, -0.1) is 12.4 Å². The van der Waals surface area contributed by atoms with Crippen molar-refractivity contribution in [3.63, 3.8) is 0 Å². The summed E-state index contributed by atoms with van der Waals surface area (Å²) < 4.78 is 0. The molecule has 1 atom stereocenters. The number of hydrogen-bond donors (Lipinski definition) is 3. The van der Waals surface area contributed by atoms with Gasteiger partial charge < -0.3 is 16.0 Å². The van der Waals surface area contributed by atoms with Crippen LogP contribution in [0.2, 0.25) is 0 Å². The summed E-state index contributed by atoms with van der Waals surface area (Å²) in [4.78, 5) is 14.5. The van der Waals surface area contributed by atoms with Gasteiger partial charge in [-0.25, -0.2) is 0 Å². The number of nitrogens with one attached hydrogen (secondary N) is 2. The molecule has 1 heterocycles. The zero-order valence-electron chi connectivity index (χ0n) is 9.57. The number of benzene rings is 1. The van der Waals surface area contributed by atoms with Crippen LogP contribution in [-0.2, 0) is 11.2 Å². The molecule has 1 aromatic heterocycles. The van der Waals surface area contributed by atoms with E-state index in [0.717, 1.165) is 16.5 Å². The fraction of sp³-hybridized carbons (Fsp3) is 0.250. The van der Waals surface area contributed by atoms with E-state index in [9.17, 15) is 4.79 Å². The molecule has 92 valence electrons. The molecular weight excluding hydrogens is 238 g/mol. The van der Waals surface area contributed by atoms with E-state index in [0.29, 0.717) is 6.42 Å². The summed E-state index contributed by atoms with van der Waals surface area (Å²) in [5.41, 5.74) is 7.93. The highest BCUT2D eigenvalue weighted by Crippen LogP contribution is 2.18. The SMILES string of the molecule is CNC(=O)C(N)Cc1c[nH]c2ccccc12.Cl. The van der Waals surface area contributed by atoms with Crippen molar-refractivity contribution in [1.82, 2.24) is 10.3 Å². The molecule has 5 heteroatoms. The Balaban J connectivity index is 0.00000144. The molecule has 0 saturated heterocycles. The fourth-order valence-electron chi connectivity index (χ4n) is 1.82. The molecule has 0 fully saturated rings. The van der Waals surface area contributed by atoms with Crippen LogP contribution in [0.5, 0.6) is 0 Å². The lowest BCUT2D eigenvalue weighted by Crippen LogP contribution is -2.40. The molecule has 2 aromatic rings. The minimum Gasteiger partial charge on any atom is -0.361 e. The molecule has 0 bridgehead atoms. The monoisotopic (exact) mass is 253 g/mol. The smallest absolute Gasteiger partial charge is 0.237 e. The van der Waals surface area contributed by atoms with Crippen LogP contribution in [0.25, 0.3) is 10.9 Å². The lowest BCUT2D eigenvalue weighted by Gasteiger charge is -2.08. The summed E-state index contributed by atoms with van der Waals surface area (Å²) in [7, 11) is 1.59. The van der Waals surface area contributed by atoms with Gasteiger partial charge in [0.25, 0.3) is 0 Å². The standard InChI is InChI=1S/C12H15N3O.ClH/c1-14-12(16)10(13)6-8-7-15-11-5-3-2-4-9(8)11;/h2-5,7,10,15H,6,13H2,1H3,(H,14,16);1H. The first-order valence-corrected chi connectivity index (χ1v) is 5.24. The Bertz CT molecular complexity index is 509. The van der Waals surface area contributed by atoms with Crippen LogP contribution in [-0.4, -0.2) is 24.0 Å². The number of H-pyrrole nitrogens is 1. The van der Waals surface area contributed by atoms with Crippen LogP contribution in [0.4, 0.5) is 0 Å². The molecule has 1 aromatic carbocycles. The van der Waals surface area contributed by atoms with E-state index in [4.69, 9.17) is 5.73 Å². The second-order valence-electron chi connectivity index (χ2n) is 3.78. The van der Waals surface area contributed by atoms with Crippen LogP contribution in [0.15, 0.2) is 30.5 Å². The molecule has 4 N–H and O–H groups in total. The maximum absolute atomic E-state index is 11.3. The highest BCUT2D eigenvalue weighted by atomic mass is 35.5. The van der Waals surface area contributed by atoms with E-state index in [2.05, 4.69) is 10.3 Å². The number of nitrogens with two attached hydrogens (primary N) is 1. The number of amides is 1. The number of likely N-dealkylation sites (N-methyl/N-ethyl adjacent to an activating group) is 1. The van der Waals surface area contributed by atoms with Crippen LogP contribution in [0.3, 0.4) is 0 Å². The van der Waals surface area contributed by atoms with Crippen LogP contribution in [0, 0.1) is 0 Å². The summed E-state index contributed by atoms with van der Waals surface area (Å²) in [5.74, 6) is -0.134. The van der Waals surface area contributed by atoms with Crippen molar-refractivity contribution in [2.75, 3.05) is 7.05 Å². The Labute approximate surface area is 106 Å². The summed E-state index contributed by atoms with van der Waals surface area (Å²) in [6.07, 6.45) is 2.46. The third-order valence-electron chi connectivity index (χ3n) is 2.70. The molecule has 0 spiro atoms. The number of carbonyl (C=O) groups is 1. The summed E-state index contributed by atoms with van der Waals surface area (Å²) in [6.45, 7) is 0. The van der Waals surface area contributed by atoms with Crippen molar-refractivity contribution >= 4 is 29.2 Å². The van der Waals surface area contributed by atoms with Gasteiger partial charge in [-0.1, -0.05) is 18.2 Å². The Hall–Kier alpha value is -1.52. The average molecular weight is 254 g/mol. The zero-order valence-corrected chi connectivity index (χ0v) is 10.4. The Morgan fingerprint density at radius 1 is 1.47 bits per heavy atom. The van der Waals surface area contributed by atoms with Crippen LogP contribution in [0.1, 0.15) is 5.56 Å². The highest BCUT2D eigenvalue weighted by molar-refractivity contribution is 5.86. The largest absolute Gasteiger partial charge is 0.361 e. The maximum Gasteiger partial charge on any atom is 0.237 e. The number of hydrogen-bond acceptors (Lipinski definition) is 2. The van der Waals surface area contributed by atoms with Crippen LogP contribution >= 0.6 is 12.4 Å². The lowest BCUT2D eigenvalue weighted by atomic mass is 10.1. The van der Waals surface area contributed by atoms with E-state index < -0.39 is 6.04 Å². The van der Waals surface area contributed by atoms with Gasteiger partial charge in [0.2, 0.25) is 5.91 Å². The topological polar surface area (TPSA) is 70.9 Å². The third-order valence-corrected chi connectivity index (χ3v) is 2.70. The number of halogens is 1. The Morgan fingerprint density at radius 3 is 2.88 bits per heavy atom. The van der Waals surface area contributed by atoms with Gasteiger partial charge in [-0.05, 0) is 18.1 Å². The molecule has 0 aliphatic carbocycles. The number of carbonyl (C=O) groups excluding carboxylic acids is 1. The van der Waals surface area contributed by atoms with Crippen molar-refractivity contribution in [3.8, 4) is 0 Å². The van der Waals surface area contributed by atoms with Crippen molar-refractivity contribution in [2.45, 2.75) is 12.5 Å². The lowest BCUT2D eigenvalue weighted by molar-refractivity contribution is -0.121. The molecule has 4 nitrogen and oxygen atoms in total. The zero-order chi connectivity index (χ0) is 11.5. The van der Waals surface area contributed by atoms with Crippen molar-refractivity contribution in [3.05, 3.63) is 36.0 Å². The van der Waals surface area contributed by atoms with E-state index in [1.807, 2.05) is 30.5 Å². The summed E-state index contributed by atoms with van der Waals surface area (Å²) in [6, 6.07) is 7.48. The first-order valence-electron chi connectivity index (χ1n) is 5.24. The molecular formula is C12H16ClN3O. The minimum absolute atomic E-state index is 0. The predicted octanol–water partition coefficient (Wildman–Crippen LogP) is 1.21. The average Bonchev–Trinajstić information content (AvgIpc) is 2.72. The molecule has 1 amide bonds.